The summed E-state index contributed by atoms with van der Waals surface area (Å²) in [6.45, 7) is 15.0. The van der Waals surface area contributed by atoms with Crippen LogP contribution in [0.2, 0.25) is 0 Å². The minimum absolute atomic E-state index is 0.0490. The SMILES string of the molecule is CCCN(CCC)C(=O)c1cc(C)cc(C(=O)N[C@H](Cc2ccc(C)cc2)[C@@H](O)CNCCC(C)C)c1. The van der Waals surface area contributed by atoms with Crippen LogP contribution in [0.4, 0.5) is 0 Å². The van der Waals surface area contributed by atoms with Crippen LogP contribution < -0.4 is 10.6 Å². The van der Waals surface area contributed by atoms with E-state index in [0.29, 0.717) is 43.1 Å². The molecular formula is C31H47N3O3. The number of hydrogen-bond donors (Lipinski definition) is 3. The van der Waals surface area contributed by atoms with E-state index in [1.54, 1.807) is 12.1 Å². The normalized spacial score (nSPS) is 12.9. The lowest BCUT2D eigenvalue weighted by Crippen LogP contribution is -2.49. The van der Waals surface area contributed by atoms with Crippen molar-refractivity contribution in [2.45, 2.75) is 79.4 Å². The number of aliphatic hydroxyl groups is 1. The highest BCUT2D eigenvalue weighted by Gasteiger charge is 2.24. The molecule has 2 amide bonds. The first kappa shape index (κ1) is 30.5. The molecule has 2 aromatic carbocycles. The van der Waals surface area contributed by atoms with Crippen molar-refractivity contribution in [1.82, 2.24) is 15.5 Å². The van der Waals surface area contributed by atoms with Gasteiger partial charge >= 0.3 is 0 Å². The summed E-state index contributed by atoms with van der Waals surface area (Å²) in [5.41, 5.74) is 4.03. The molecule has 0 saturated carbocycles. The average Bonchev–Trinajstić information content (AvgIpc) is 2.86. The predicted molar refractivity (Wildman–Crippen MR) is 152 cm³/mol. The van der Waals surface area contributed by atoms with Gasteiger partial charge in [-0.15, -0.1) is 0 Å². The zero-order chi connectivity index (χ0) is 27.4. The number of benzene rings is 2. The molecule has 2 aromatic rings. The van der Waals surface area contributed by atoms with Gasteiger partial charge in [-0.05, 0) is 81.3 Å². The highest BCUT2D eigenvalue weighted by molar-refractivity contribution is 6.00. The number of aryl methyl sites for hydroxylation is 2. The predicted octanol–water partition coefficient (Wildman–Crippen LogP) is 4.90. The summed E-state index contributed by atoms with van der Waals surface area (Å²) in [6.07, 6.45) is 2.54. The van der Waals surface area contributed by atoms with Gasteiger partial charge in [0.25, 0.3) is 11.8 Å². The molecule has 0 aliphatic heterocycles. The molecule has 0 saturated heterocycles. The van der Waals surface area contributed by atoms with Crippen LogP contribution in [-0.2, 0) is 6.42 Å². The number of aliphatic hydroxyl groups excluding tert-OH is 1. The lowest BCUT2D eigenvalue weighted by atomic mass is 9.99. The van der Waals surface area contributed by atoms with E-state index in [9.17, 15) is 14.7 Å². The zero-order valence-electron chi connectivity index (χ0n) is 23.6. The van der Waals surface area contributed by atoms with E-state index in [0.717, 1.165) is 42.5 Å². The van der Waals surface area contributed by atoms with E-state index >= 15 is 0 Å². The first-order valence-corrected chi connectivity index (χ1v) is 13.8. The van der Waals surface area contributed by atoms with Crippen molar-refractivity contribution < 1.29 is 14.7 Å². The Bertz CT molecular complexity index is 982. The molecule has 0 heterocycles. The van der Waals surface area contributed by atoms with Crippen LogP contribution in [0.3, 0.4) is 0 Å². The second-order valence-corrected chi connectivity index (χ2v) is 10.6. The number of carbonyl (C=O) groups excluding carboxylic acids is 2. The molecular weight excluding hydrogens is 462 g/mol. The van der Waals surface area contributed by atoms with E-state index in [2.05, 4.69) is 38.3 Å². The second-order valence-electron chi connectivity index (χ2n) is 10.6. The van der Waals surface area contributed by atoms with Gasteiger partial charge in [-0.2, -0.15) is 0 Å². The van der Waals surface area contributed by atoms with Crippen LogP contribution >= 0.6 is 0 Å². The van der Waals surface area contributed by atoms with Gasteiger partial charge in [0, 0.05) is 30.8 Å². The molecule has 0 aromatic heterocycles. The molecule has 0 aliphatic carbocycles. The van der Waals surface area contributed by atoms with Gasteiger partial charge in [-0.3, -0.25) is 9.59 Å². The lowest BCUT2D eigenvalue weighted by Gasteiger charge is -2.25. The van der Waals surface area contributed by atoms with Gasteiger partial charge in [-0.1, -0.05) is 57.5 Å². The first-order chi connectivity index (χ1) is 17.6. The minimum atomic E-state index is -0.757. The Morgan fingerprint density at radius 1 is 0.919 bits per heavy atom. The molecule has 0 aliphatic rings. The fourth-order valence-corrected chi connectivity index (χ4v) is 4.37. The Kier molecular flexibility index (Phi) is 12.8. The molecule has 3 N–H and O–H groups in total. The molecule has 0 unspecified atom stereocenters. The van der Waals surface area contributed by atoms with Gasteiger partial charge in [0.15, 0.2) is 0 Å². The summed E-state index contributed by atoms with van der Waals surface area (Å²) in [7, 11) is 0. The molecule has 0 spiro atoms. The van der Waals surface area contributed by atoms with Crippen molar-refractivity contribution in [3.05, 3.63) is 70.3 Å². The standard InChI is InChI=1S/C31H47N3O3/c1-7-15-34(16-8-2)31(37)27-18-24(6)17-26(20-27)30(36)33-28(19-25-11-9-23(5)10-12-25)29(35)21-32-14-13-22(3)4/h9-12,17-18,20,22,28-29,32,35H,7-8,13-16,19,21H2,1-6H3,(H,33,36)/t28-,29+/m1/s1. The number of nitrogens with one attached hydrogen (secondary N) is 2. The zero-order valence-corrected chi connectivity index (χ0v) is 23.6. The van der Waals surface area contributed by atoms with E-state index in [4.69, 9.17) is 0 Å². The van der Waals surface area contributed by atoms with Crippen molar-refractivity contribution in [1.29, 1.82) is 0 Å². The molecule has 204 valence electrons. The first-order valence-electron chi connectivity index (χ1n) is 13.8. The molecule has 2 rings (SSSR count). The topological polar surface area (TPSA) is 81.7 Å². The third kappa shape index (κ3) is 10.3. The molecule has 0 fully saturated rings. The van der Waals surface area contributed by atoms with Crippen LogP contribution in [0.5, 0.6) is 0 Å². The Morgan fingerprint density at radius 2 is 1.54 bits per heavy atom. The van der Waals surface area contributed by atoms with E-state index in [1.165, 1.54) is 0 Å². The summed E-state index contributed by atoms with van der Waals surface area (Å²) in [6, 6.07) is 13.0. The number of nitrogens with zero attached hydrogens (tertiary/aromatic N) is 1. The van der Waals surface area contributed by atoms with Crippen molar-refractivity contribution >= 4 is 11.8 Å². The smallest absolute Gasteiger partial charge is 0.253 e. The second kappa shape index (κ2) is 15.5. The monoisotopic (exact) mass is 509 g/mol. The Labute approximate surface area is 223 Å². The van der Waals surface area contributed by atoms with Gasteiger partial charge in [0.2, 0.25) is 0 Å². The van der Waals surface area contributed by atoms with E-state index < -0.39 is 12.1 Å². The largest absolute Gasteiger partial charge is 0.390 e. The van der Waals surface area contributed by atoms with Crippen molar-refractivity contribution in [3.8, 4) is 0 Å². The Hall–Kier alpha value is -2.70. The summed E-state index contributed by atoms with van der Waals surface area (Å²) < 4.78 is 0. The maximum absolute atomic E-state index is 13.4. The van der Waals surface area contributed by atoms with Crippen LogP contribution in [0.1, 0.15) is 84.4 Å². The van der Waals surface area contributed by atoms with E-state index in [1.807, 2.05) is 49.1 Å². The third-order valence-electron chi connectivity index (χ3n) is 6.47. The van der Waals surface area contributed by atoms with Crippen LogP contribution in [0.15, 0.2) is 42.5 Å². The maximum atomic E-state index is 13.4. The lowest BCUT2D eigenvalue weighted by molar-refractivity contribution is 0.0755. The third-order valence-corrected chi connectivity index (χ3v) is 6.47. The molecule has 6 nitrogen and oxygen atoms in total. The van der Waals surface area contributed by atoms with Gasteiger partial charge < -0.3 is 20.6 Å². The maximum Gasteiger partial charge on any atom is 0.253 e. The number of carbonyl (C=O) groups is 2. The number of hydrogen-bond acceptors (Lipinski definition) is 4. The average molecular weight is 510 g/mol. The van der Waals surface area contributed by atoms with Gasteiger partial charge in [0.1, 0.15) is 0 Å². The molecule has 0 bridgehead atoms. The van der Waals surface area contributed by atoms with Crippen LogP contribution in [0.25, 0.3) is 0 Å². The summed E-state index contributed by atoms with van der Waals surface area (Å²) in [5.74, 6) is 0.247. The van der Waals surface area contributed by atoms with Crippen molar-refractivity contribution in [3.63, 3.8) is 0 Å². The highest BCUT2D eigenvalue weighted by Crippen LogP contribution is 2.15. The summed E-state index contributed by atoms with van der Waals surface area (Å²) >= 11 is 0. The molecule has 0 radical (unpaired) electrons. The summed E-state index contributed by atoms with van der Waals surface area (Å²) in [4.78, 5) is 28.4. The fraction of sp³-hybridized carbons (Fsp3) is 0.548. The van der Waals surface area contributed by atoms with E-state index in [-0.39, 0.29) is 11.8 Å². The highest BCUT2D eigenvalue weighted by atomic mass is 16.3. The van der Waals surface area contributed by atoms with Gasteiger partial charge in [-0.25, -0.2) is 0 Å². The molecule has 2 atom stereocenters. The number of amides is 2. The van der Waals surface area contributed by atoms with Crippen molar-refractivity contribution in [2.24, 2.45) is 5.92 Å². The minimum Gasteiger partial charge on any atom is -0.390 e. The van der Waals surface area contributed by atoms with Crippen molar-refractivity contribution in [2.75, 3.05) is 26.2 Å². The number of rotatable bonds is 15. The fourth-order valence-electron chi connectivity index (χ4n) is 4.37. The Morgan fingerprint density at radius 3 is 2.14 bits per heavy atom. The van der Waals surface area contributed by atoms with Crippen LogP contribution in [0, 0.1) is 19.8 Å². The quantitative estimate of drug-likeness (QED) is 0.298. The molecule has 37 heavy (non-hydrogen) atoms. The Balaban J connectivity index is 2.22. The molecule has 6 heteroatoms. The van der Waals surface area contributed by atoms with Gasteiger partial charge in [0.05, 0.1) is 12.1 Å². The van der Waals surface area contributed by atoms with Crippen LogP contribution in [-0.4, -0.2) is 60.1 Å². The summed E-state index contributed by atoms with van der Waals surface area (Å²) in [5, 5.41) is 17.4.